The molecular formula is C16H20N2O. The van der Waals surface area contributed by atoms with Gasteiger partial charge in [-0.05, 0) is 37.5 Å². The lowest BCUT2D eigenvalue weighted by Gasteiger charge is -2.14. The molecule has 0 aliphatic heterocycles. The molecule has 0 radical (unpaired) electrons. The van der Waals surface area contributed by atoms with Crippen LogP contribution in [-0.2, 0) is 6.54 Å². The van der Waals surface area contributed by atoms with Gasteiger partial charge in [0.2, 0.25) is 0 Å². The number of nitrogens with zero attached hydrogens (tertiary/aromatic N) is 1. The number of aromatic nitrogens is 1. The second-order valence-electron chi connectivity index (χ2n) is 5.70. The maximum atomic E-state index is 9.32. The fraction of sp³-hybridized carbons (Fsp3) is 0.438. The summed E-state index contributed by atoms with van der Waals surface area (Å²) in [4.78, 5) is 4.55. The summed E-state index contributed by atoms with van der Waals surface area (Å²) in [5.74, 6) is 0. The Hall–Kier alpha value is -1.45. The number of nitrogens with one attached hydrogen (secondary N) is 1. The van der Waals surface area contributed by atoms with Crippen molar-refractivity contribution >= 4 is 10.9 Å². The number of hydrogen-bond donors (Lipinski definition) is 2. The van der Waals surface area contributed by atoms with E-state index in [1.165, 1.54) is 10.9 Å². The molecule has 1 aliphatic rings. The predicted molar refractivity (Wildman–Crippen MR) is 76.9 cm³/mol. The molecule has 3 nitrogen and oxygen atoms in total. The van der Waals surface area contributed by atoms with E-state index >= 15 is 0 Å². The van der Waals surface area contributed by atoms with E-state index in [2.05, 4.69) is 34.6 Å². The highest BCUT2D eigenvalue weighted by atomic mass is 16.3. The second kappa shape index (κ2) is 4.91. The first-order valence-electron chi connectivity index (χ1n) is 6.89. The minimum atomic E-state index is 0.165. The topological polar surface area (TPSA) is 45.1 Å². The molecule has 1 aliphatic carbocycles. The van der Waals surface area contributed by atoms with Crippen LogP contribution in [0.25, 0.3) is 10.9 Å². The van der Waals surface area contributed by atoms with Crippen LogP contribution < -0.4 is 5.32 Å². The van der Waals surface area contributed by atoms with Gasteiger partial charge in [-0.15, -0.1) is 0 Å². The van der Waals surface area contributed by atoms with Crippen LogP contribution in [0, 0.1) is 12.3 Å². The molecule has 100 valence electrons. The quantitative estimate of drug-likeness (QED) is 0.863. The van der Waals surface area contributed by atoms with Crippen molar-refractivity contribution in [3.05, 3.63) is 41.6 Å². The molecule has 19 heavy (non-hydrogen) atoms. The average Bonchev–Trinajstić information content (AvgIpc) is 3.19. The van der Waals surface area contributed by atoms with Gasteiger partial charge in [-0.3, -0.25) is 4.98 Å². The van der Waals surface area contributed by atoms with E-state index < -0.39 is 0 Å². The van der Waals surface area contributed by atoms with Gasteiger partial charge in [-0.25, -0.2) is 0 Å². The second-order valence-corrected chi connectivity index (χ2v) is 5.70. The summed E-state index contributed by atoms with van der Waals surface area (Å²) in [6, 6.07) is 10.4. The van der Waals surface area contributed by atoms with E-state index in [0.29, 0.717) is 6.61 Å². The van der Waals surface area contributed by atoms with Gasteiger partial charge in [0.25, 0.3) is 0 Å². The van der Waals surface area contributed by atoms with E-state index in [9.17, 15) is 5.11 Å². The molecule has 2 aromatic rings. The van der Waals surface area contributed by atoms with Crippen molar-refractivity contribution in [2.45, 2.75) is 26.3 Å². The Labute approximate surface area is 113 Å². The fourth-order valence-corrected chi connectivity index (χ4v) is 2.57. The number of aliphatic hydroxyl groups is 1. The maximum Gasteiger partial charge on any atom is 0.0708 e. The zero-order valence-corrected chi connectivity index (χ0v) is 11.3. The van der Waals surface area contributed by atoms with Crippen LogP contribution in [0.15, 0.2) is 30.3 Å². The van der Waals surface area contributed by atoms with E-state index in [4.69, 9.17) is 0 Å². The molecule has 0 bridgehead atoms. The monoisotopic (exact) mass is 256 g/mol. The molecule has 0 atom stereocenters. The molecule has 0 amide bonds. The van der Waals surface area contributed by atoms with Gasteiger partial charge in [-0.2, -0.15) is 0 Å². The standard InChI is InChI=1S/C16H20N2O/c1-12-8-13(9-17-10-16(11-19)6-7-16)14-4-2-3-5-15(14)18-12/h2-5,8,17,19H,6-7,9-11H2,1H3. The smallest absolute Gasteiger partial charge is 0.0708 e. The Kier molecular flexibility index (Phi) is 3.25. The maximum absolute atomic E-state index is 9.32. The summed E-state index contributed by atoms with van der Waals surface area (Å²) < 4.78 is 0. The van der Waals surface area contributed by atoms with Gasteiger partial charge in [0.05, 0.1) is 5.52 Å². The number of pyridine rings is 1. The van der Waals surface area contributed by atoms with E-state index in [0.717, 1.165) is 37.1 Å². The van der Waals surface area contributed by atoms with Crippen molar-refractivity contribution in [2.75, 3.05) is 13.2 Å². The Morgan fingerprint density at radius 3 is 2.84 bits per heavy atom. The number of benzene rings is 1. The molecule has 3 rings (SSSR count). The van der Waals surface area contributed by atoms with Crippen molar-refractivity contribution in [1.29, 1.82) is 0 Å². The van der Waals surface area contributed by atoms with Gasteiger partial charge in [0.1, 0.15) is 0 Å². The van der Waals surface area contributed by atoms with E-state index in [1.54, 1.807) is 0 Å². The summed E-state index contributed by atoms with van der Waals surface area (Å²) in [5, 5.41) is 14.0. The summed E-state index contributed by atoms with van der Waals surface area (Å²) in [6.07, 6.45) is 2.29. The minimum Gasteiger partial charge on any atom is -0.396 e. The lowest BCUT2D eigenvalue weighted by atomic mass is 10.1. The highest BCUT2D eigenvalue weighted by Crippen LogP contribution is 2.44. The normalized spacial score (nSPS) is 16.7. The first kappa shape index (κ1) is 12.6. The molecule has 1 heterocycles. The SMILES string of the molecule is Cc1cc(CNCC2(CO)CC2)c2ccccc2n1. The van der Waals surface area contributed by atoms with Gasteiger partial charge in [-0.1, -0.05) is 18.2 Å². The van der Waals surface area contributed by atoms with Gasteiger partial charge < -0.3 is 10.4 Å². The molecule has 0 saturated heterocycles. The Balaban J connectivity index is 1.76. The van der Waals surface area contributed by atoms with Crippen LogP contribution in [0.5, 0.6) is 0 Å². The van der Waals surface area contributed by atoms with Crippen LogP contribution in [-0.4, -0.2) is 23.2 Å². The van der Waals surface area contributed by atoms with Crippen molar-refractivity contribution in [3.63, 3.8) is 0 Å². The van der Waals surface area contributed by atoms with Crippen LogP contribution in [0.2, 0.25) is 0 Å². The predicted octanol–water partition coefficient (Wildman–Crippen LogP) is 2.41. The number of rotatable bonds is 5. The molecule has 0 spiro atoms. The molecular weight excluding hydrogens is 236 g/mol. The molecule has 1 fully saturated rings. The van der Waals surface area contributed by atoms with Gasteiger partial charge in [0.15, 0.2) is 0 Å². The Bertz CT molecular complexity index is 590. The van der Waals surface area contributed by atoms with Crippen molar-refractivity contribution in [2.24, 2.45) is 5.41 Å². The fourth-order valence-electron chi connectivity index (χ4n) is 2.57. The largest absolute Gasteiger partial charge is 0.396 e. The summed E-state index contributed by atoms with van der Waals surface area (Å²) in [5.41, 5.74) is 3.57. The third-order valence-corrected chi connectivity index (χ3v) is 4.04. The van der Waals surface area contributed by atoms with Crippen molar-refractivity contribution < 1.29 is 5.11 Å². The molecule has 1 aromatic carbocycles. The van der Waals surface area contributed by atoms with Crippen molar-refractivity contribution in [1.82, 2.24) is 10.3 Å². The zero-order valence-electron chi connectivity index (χ0n) is 11.3. The molecule has 2 N–H and O–H groups in total. The number of hydrogen-bond acceptors (Lipinski definition) is 3. The number of fused-ring (bicyclic) bond motifs is 1. The number of para-hydroxylation sites is 1. The van der Waals surface area contributed by atoms with Crippen LogP contribution in [0.4, 0.5) is 0 Å². The molecule has 1 aromatic heterocycles. The summed E-state index contributed by atoms with van der Waals surface area (Å²) in [7, 11) is 0. The Morgan fingerprint density at radius 1 is 1.32 bits per heavy atom. The van der Waals surface area contributed by atoms with Gasteiger partial charge in [0, 0.05) is 36.2 Å². The zero-order chi connectivity index (χ0) is 13.3. The summed E-state index contributed by atoms with van der Waals surface area (Å²) >= 11 is 0. The Morgan fingerprint density at radius 2 is 2.11 bits per heavy atom. The minimum absolute atomic E-state index is 0.165. The molecule has 3 heteroatoms. The van der Waals surface area contributed by atoms with Crippen LogP contribution in [0.1, 0.15) is 24.1 Å². The lowest BCUT2D eigenvalue weighted by molar-refractivity contribution is 0.207. The highest BCUT2D eigenvalue weighted by Gasteiger charge is 2.41. The van der Waals surface area contributed by atoms with Crippen LogP contribution in [0.3, 0.4) is 0 Å². The van der Waals surface area contributed by atoms with Crippen LogP contribution >= 0.6 is 0 Å². The lowest BCUT2D eigenvalue weighted by Crippen LogP contribution is -2.26. The van der Waals surface area contributed by atoms with E-state index in [-0.39, 0.29) is 5.41 Å². The number of aliphatic hydroxyl groups excluding tert-OH is 1. The molecule has 0 unspecified atom stereocenters. The van der Waals surface area contributed by atoms with E-state index in [1.807, 2.05) is 13.0 Å². The third kappa shape index (κ3) is 2.62. The highest BCUT2D eigenvalue weighted by molar-refractivity contribution is 5.82. The first-order valence-corrected chi connectivity index (χ1v) is 6.89. The third-order valence-electron chi connectivity index (χ3n) is 4.04. The first-order chi connectivity index (χ1) is 9.22. The average molecular weight is 256 g/mol. The van der Waals surface area contributed by atoms with Gasteiger partial charge >= 0.3 is 0 Å². The van der Waals surface area contributed by atoms with Crippen molar-refractivity contribution in [3.8, 4) is 0 Å². The number of aryl methyl sites for hydroxylation is 1. The molecule has 1 saturated carbocycles. The summed E-state index contributed by atoms with van der Waals surface area (Å²) in [6.45, 7) is 4.08.